The normalized spacial score (nSPS) is 17.2. The largest absolute Gasteiger partial charge is 0.340 e. The van der Waals surface area contributed by atoms with E-state index in [0.717, 1.165) is 30.3 Å². The van der Waals surface area contributed by atoms with Crippen LogP contribution in [-0.4, -0.2) is 70.1 Å². The summed E-state index contributed by atoms with van der Waals surface area (Å²) in [6.07, 6.45) is 0.163. The summed E-state index contributed by atoms with van der Waals surface area (Å²) in [6, 6.07) is 6.79. The monoisotopic (exact) mass is 412 g/mol. The van der Waals surface area contributed by atoms with E-state index in [4.69, 9.17) is 0 Å². The summed E-state index contributed by atoms with van der Waals surface area (Å²) in [5.74, 6) is -0.628. The minimum absolute atomic E-state index is 0.0119. The molecule has 1 aromatic heterocycles. The lowest BCUT2D eigenvalue weighted by Crippen LogP contribution is -2.49. The molecule has 7 nitrogen and oxygen atoms in total. The first kappa shape index (κ1) is 19.7. The van der Waals surface area contributed by atoms with Gasteiger partial charge < -0.3 is 4.90 Å². The van der Waals surface area contributed by atoms with Gasteiger partial charge in [0.15, 0.2) is 0 Å². The average molecular weight is 413 g/mol. The molecule has 2 aliphatic rings. The molecule has 2 aromatic rings. The molecule has 0 unspecified atom stereocenters. The number of thiazole rings is 1. The summed E-state index contributed by atoms with van der Waals surface area (Å²) in [5.41, 5.74) is 1.93. The van der Waals surface area contributed by atoms with E-state index in [-0.39, 0.29) is 30.7 Å². The van der Waals surface area contributed by atoms with Crippen molar-refractivity contribution in [3.63, 3.8) is 0 Å². The number of nitrogens with zero attached hydrogens (tertiary/aromatic N) is 4. The van der Waals surface area contributed by atoms with Gasteiger partial charge in [0.2, 0.25) is 5.91 Å². The number of aryl methyl sites for hydroxylation is 2. The highest BCUT2D eigenvalue weighted by atomic mass is 32.1. The topological polar surface area (TPSA) is 73.8 Å². The molecule has 0 aliphatic carbocycles. The molecular formula is C21H24N4O3S. The first-order valence-electron chi connectivity index (χ1n) is 9.82. The van der Waals surface area contributed by atoms with Crippen molar-refractivity contribution in [2.24, 2.45) is 0 Å². The van der Waals surface area contributed by atoms with Gasteiger partial charge in [0.05, 0.1) is 23.4 Å². The number of benzene rings is 1. The van der Waals surface area contributed by atoms with Crippen LogP contribution >= 0.6 is 11.3 Å². The highest BCUT2D eigenvalue weighted by molar-refractivity contribution is 7.11. The Hall–Kier alpha value is -2.58. The van der Waals surface area contributed by atoms with Gasteiger partial charge in [0.1, 0.15) is 5.01 Å². The average Bonchev–Trinajstić information content (AvgIpc) is 3.16. The van der Waals surface area contributed by atoms with Crippen LogP contribution in [0, 0.1) is 13.8 Å². The maximum Gasteiger partial charge on any atom is 0.261 e. The van der Waals surface area contributed by atoms with Crippen LogP contribution in [0.1, 0.15) is 42.7 Å². The minimum Gasteiger partial charge on any atom is -0.340 e. The standard InChI is InChI=1S/C21H24N4O3S/c1-14-15(2)29-18(22-14)13-23-9-11-24(12-10-23)19(26)7-8-25-20(27)16-5-3-4-6-17(16)21(25)28/h3-6H,7-13H2,1-2H3. The van der Waals surface area contributed by atoms with Crippen LogP contribution in [0.15, 0.2) is 24.3 Å². The van der Waals surface area contributed by atoms with Gasteiger partial charge in [0, 0.05) is 44.0 Å². The van der Waals surface area contributed by atoms with Gasteiger partial charge in [-0.3, -0.25) is 24.2 Å². The number of carbonyl (C=O) groups is 3. The Morgan fingerprint density at radius 3 is 2.21 bits per heavy atom. The fraction of sp³-hybridized carbons (Fsp3) is 0.429. The number of piperazine rings is 1. The molecule has 0 saturated carbocycles. The second-order valence-corrected chi connectivity index (χ2v) is 8.75. The molecule has 3 heterocycles. The predicted molar refractivity (Wildman–Crippen MR) is 110 cm³/mol. The number of imide groups is 1. The Bertz CT molecular complexity index is 908. The van der Waals surface area contributed by atoms with Gasteiger partial charge >= 0.3 is 0 Å². The first-order valence-corrected chi connectivity index (χ1v) is 10.6. The third-order valence-electron chi connectivity index (χ3n) is 5.58. The van der Waals surface area contributed by atoms with E-state index in [1.807, 2.05) is 11.8 Å². The molecule has 152 valence electrons. The molecule has 3 amide bonds. The molecule has 0 radical (unpaired) electrons. The maximum absolute atomic E-state index is 12.6. The van der Waals surface area contributed by atoms with Crippen molar-refractivity contribution in [2.45, 2.75) is 26.8 Å². The van der Waals surface area contributed by atoms with Crippen LogP contribution in [0.4, 0.5) is 0 Å². The van der Waals surface area contributed by atoms with E-state index in [2.05, 4.69) is 16.8 Å². The quantitative estimate of drug-likeness (QED) is 0.703. The summed E-state index contributed by atoms with van der Waals surface area (Å²) in [6.45, 7) is 7.97. The SMILES string of the molecule is Cc1nc(CN2CCN(C(=O)CCN3C(=O)c4ccccc4C3=O)CC2)sc1C. The van der Waals surface area contributed by atoms with Crippen molar-refractivity contribution in [3.05, 3.63) is 51.0 Å². The molecule has 4 rings (SSSR count). The fourth-order valence-corrected chi connectivity index (χ4v) is 4.74. The molecule has 0 spiro atoms. The Balaban J connectivity index is 1.26. The molecule has 1 fully saturated rings. The van der Waals surface area contributed by atoms with Gasteiger partial charge in [-0.2, -0.15) is 0 Å². The van der Waals surface area contributed by atoms with E-state index in [1.165, 1.54) is 9.78 Å². The predicted octanol–water partition coefficient (Wildman–Crippen LogP) is 2.09. The highest BCUT2D eigenvalue weighted by Gasteiger charge is 2.35. The van der Waals surface area contributed by atoms with Gasteiger partial charge in [-0.05, 0) is 26.0 Å². The molecule has 1 aromatic carbocycles. The van der Waals surface area contributed by atoms with Gasteiger partial charge in [0.25, 0.3) is 11.8 Å². The van der Waals surface area contributed by atoms with Crippen LogP contribution in [0.5, 0.6) is 0 Å². The maximum atomic E-state index is 12.6. The van der Waals surface area contributed by atoms with Crippen molar-refractivity contribution in [1.82, 2.24) is 19.7 Å². The highest BCUT2D eigenvalue weighted by Crippen LogP contribution is 2.23. The number of carbonyl (C=O) groups excluding carboxylic acids is 3. The van der Waals surface area contributed by atoms with Crippen molar-refractivity contribution in [3.8, 4) is 0 Å². The molecule has 1 saturated heterocycles. The summed E-state index contributed by atoms with van der Waals surface area (Å²) >= 11 is 1.73. The van der Waals surface area contributed by atoms with Crippen LogP contribution in [0.25, 0.3) is 0 Å². The summed E-state index contributed by atoms with van der Waals surface area (Å²) < 4.78 is 0. The lowest BCUT2D eigenvalue weighted by Gasteiger charge is -2.34. The number of rotatable bonds is 5. The van der Waals surface area contributed by atoms with Crippen molar-refractivity contribution in [2.75, 3.05) is 32.7 Å². The number of fused-ring (bicyclic) bond motifs is 1. The van der Waals surface area contributed by atoms with Crippen molar-refractivity contribution in [1.29, 1.82) is 0 Å². The van der Waals surface area contributed by atoms with E-state index in [1.54, 1.807) is 35.6 Å². The first-order chi connectivity index (χ1) is 13.9. The zero-order chi connectivity index (χ0) is 20.5. The Morgan fingerprint density at radius 1 is 1.03 bits per heavy atom. The zero-order valence-electron chi connectivity index (χ0n) is 16.7. The lowest BCUT2D eigenvalue weighted by atomic mass is 10.1. The molecule has 0 N–H and O–H groups in total. The molecule has 0 bridgehead atoms. The van der Waals surface area contributed by atoms with Crippen LogP contribution in [0.2, 0.25) is 0 Å². The van der Waals surface area contributed by atoms with E-state index < -0.39 is 0 Å². The van der Waals surface area contributed by atoms with Gasteiger partial charge in [-0.25, -0.2) is 4.98 Å². The van der Waals surface area contributed by atoms with Crippen LogP contribution in [0.3, 0.4) is 0 Å². The number of amides is 3. The summed E-state index contributed by atoms with van der Waals surface area (Å²) in [5, 5.41) is 1.12. The molecule has 0 atom stereocenters. The molecular weight excluding hydrogens is 388 g/mol. The second-order valence-electron chi connectivity index (χ2n) is 7.46. The third-order valence-corrected chi connectivity index (χ3v) is 6.64. The Morgan fingerprint density at radius 2 is 1.66 bits per heavy atom. The van der Waals surface area contributed by atoms with Crippen LogP contribution < -0.4 is 0 Å². The Labute approximate surface area is 173 Å². The number of aromatic nitrogens is 1. The number of hydrogen-bond donors (Lipinski definition) is 0. The smallest absolute Gasteiger partial charge is 0.261 e. The summed E-state index contributed by atoms with van der Waals surface area (Å²) in [7, 11) is 0. The van der Waals surface area contributed by atoms with Gasteiger partial charge in [-0.15, -0.1) is 11.3 Å². The van der Waals surface area contributed by atoms with E-state index in [9.17, 15) is 14.4 Å². The third kappa shape index (κ3) is 3.95. The van der Waals surface area contributed by atoms with Crippen molar-refractivity contribution >= 4 is 29.1 Å². The summed E-state index contributed by atoms with van der Waals surface area (Å²) in [4.78, 5) is 48.6. The van der Waals surface area contributed by atoms with E-state index in [0.29, 0.717) is 24.2 Å². The Kier molecular flexibility index (Phi) is 5.47. The fourth-order valence-electron chi connectivity index (χ4n) is 3.76. The van der Waals surface area contributed by atoms with Gasteiger partial charge in [-0.1, -0.05) is 12.1 Å². The lowest BCUT2D eigenvalue weighted by molar-refractivity contribution is -0.133. The molecule has 29 heavy (non-hydrogen) atoms. The minimum atomic E-state index is -0.308. The molecule has 2 aliphatic heterocycles. The number of hydrogen-bond acceptors (Lipinski definition) is 6. The molecule has 8 heteroatoms. The second kappa shape index (κ2) is 8.04. The van der Waals surface area contributed by atoms with E-state index >= 15 is 0 Å². The van der Waals surface area contributed by atoms with Crippen LogP contribution in [-0.2, 0) is 11.3 Å². The van der Waals surface area contributed by atoms with Crippen molar-refractivity contribution < 1.29 is 14.4 Å². The zero-order valence-corrected chi connectivity index (χ0v) is 17.5.